The zero-order chi connectivity index (χ0) is 9.47. The summed E-state index contributed by atoms with van der Waals surface area (Å²) in [5.74, 6) is 0. The molecule has 2 nitrogen and oxygen atoms in total. The second-order valence-electron chi connectivity index (χ2n) is 2.75. The van der Waals surface area contributed by atoms with E-state index in [1.807, 2.05) is 0 Å². The predicted molar refractivity (Wildman–Crippen MR) is 43.5 cm³/mol. The van der Waals surface area contributed by atoms with Gasteiger partial charge in [0, 0.05) is 0 Å². The van der Waals surface area contributed by atoms with Crippen LogP contribution >= 0.6 is 0 Å². The molecule has 0 radical (unpaired) electrons. The van der Waals surface area contributed by atoms with Crippen LogP contribution in [-0.4, -0.2) is 13.0 Å². The average molecular weight is 188 g/mol. The molecule has 70 valence electrons. The van der Waals surface area contributed by atoms with Crippen molar-refractivity contribution in [2.24, 2.45) is 0 Å². The summed E-state index contributed by atoms with van der Waals surface area (Å²) in [5, 5.41) is 2.66. The molecule has 0 unspecified atom stereocenters. The maximum Gasteiger partial charge on any atom is 0.486 e. The average Bonchev–Trinajstić information content (AvgIpc) is 2.45. The molecule has 13 heavy (non-hydrogen) atoms. The number of hydrogen-bond donors (Lipinski definition) is 1. The third-order valence-corrected chi connectivity index (χ3v) is 1.93. The molecule has 0 amide bonds. The first-order chi connectivity index (χ1) is 6.09. The lowest BCUT2D eigenvalue weighted by Crippen LogP contribution is -2.37. The van der Waals surface area contributed by atoms with Crippen molar-refractivity contribution in [2.75, 3.05) is 16.9 Å². The molecule has 1 aliphatic heterocycles. The topological polar surface area (TPSA) is 15.3 Å². The van der Waals surface area contributed by atoms with Gasteiger partial charge in [0.05, 0.1) is 18.0 Å². The molecule has 0 fully saturated rings. The summed E-state index contributed by atoms with van der Waals surface area (Å²) >= 11 is 0. The maximum atomic E-state index is 12.3. The minimum atomic E-state index is -4.31. The van der Waals surface area contributed by atoms with E-state index in [2.05, 4.69) is 5.32 Å². The molecule has 1 N–H and O–H groups in total. The van der Waals surface area contributed by atoms with E-state index in [-0.39, 0.29) is 12.4 Å². The van der Waals surface area contributed by atoms with Crippen molar-refractivity contribution in [3.8, 4) is 0 Å². The van der Waals surface area contributed by atoms with Crippen molar-refractivity contribution in [3.63, 3.8) is 0 Å². The first kappa shape index (κ1) is 8.22. The Hall–Kier alpha value is -1.39. The van der Waals surface area contributed by atoms with Crippen LogP contribution in [0.1, 0.15) is 0 Å². The molecule has 0 spiro atoms. The zero-order valence-electron chi connectivity index (χ0n) is 6.60. The molecule has 0 saturated heterocycles. The van der Waals surface area contributed by atoms with Crippen molar-refractivity contribution in [3.05, 3.63) is 24.3 Å². The molecule has 0 aromatic heterocycles. The van der Waals surface area contributed by atoms with Crippen LogP contribution in [0.5, 0.6) is 0 Å². The van der Waals surface area contributed by atoms with Crippen LogP contribution in [0.15, 0.2) is 24.3 Å². The minimum absolute atomic E-state index is 0.190. The van der Waals surface area contributed by atoms with E-state index in [0.29, 0.717) is 10.6 Å². The molecule has 0 saturated carbocycles. The van der Waals surface area contributed by atoms with Gasteiger partial charge in [0.15, 0.2) is 0 Å². The van der Waals surface area contributed by atoms with E-state index in [4.69, 9.17) is 0 Å². The molecule has 5 heteroatoms. The summed E-state index contributed by atoms with van der Waals surface area (Å²) in [7, 11) is 0. The molecule has 1 aromatic rings. The molecule has 0 aliphatic carbocycles. The van der Waals surface area contributed by atoms with Gasteiger partial charge in [0.25, 0.3) is 0 Å². The van der Waals surface area contributed by atoms with Gasteiger partial charge in [0.1, 0.15) is 0 Å². The molecule has 0 bridgehead atoms. The highest BCUT2D eigenvalue weighted by atomic mass is 19.4. The second kappa shape index (κ2) is 2.55. The molecule has 0 atom stereocenters. The van der Waals surface area contributed by atoms with Gasteiger partial charge in [-0.1, -0.05) is 12.1 Å². The lowest BCUT2D eigenvalue weighted by atomic mass is 10.3. The number of nitrogens with one attached hydrogen (secondary N) is 1. The number of anilines is 2. The van der Waals surface area contributed by atoms with Crippen molar-refractivity contribution < 1.29 is 13.2 Å². The number of para-hydroxylation sites is 2. The molecular weight excluding hydrogens is 181 g/mol. The molecular formula is C8H7F3N2. The Balaban J connectivity index is 2.39. The third kappa shape index (κ3) is 1.30. The van der Waals surface area contributed by atoms with Gasteiger partial charge in [-0.2, -0.15) is 13.2 Å². The Bertz CT molecular complexity index is 321. The van der Waals surface area contributed by atoms with Crippen molar-refractivity contribution in [1.29, 1.82) is 0 Å². The summed E-state index contributed by atoms with van der Waals surface area (Å²) in [5.41, 5.74) is 0.717. The highest BCUT2D eigenvalue weighted by Gasteiger charge is 2.40. The summed E-state index contributed by atoms with van der Waals surface area (Å²) < 4.78 is 37.0. The quantitative estimate of drug-likeness (QED) is 0.629. The van der Waals surface area contributed by atoms with Gasteiger partial charge >= 0.3 is 6.30 Å². The number of halogens is 3. The molecule has 1 aromatic carbocycles. The second-order valence-corrected chi connectivity index (χ2v) is 2.75. The van der Waals surface area contributed by atoms with E-state index < -0.39 is 6.30 Å². The molecule has 1 heterocycles. The SMILES string of the molecule is FC(F)(F)N1CNc2ccccc21. The van der Waals surface area contributed by atoms with Gasteiger partial charge in [0.2, 0.25) is 0 Å². The Morgan fingerprint density at radius 3 is 2.62 bits per heavy atom. The smallest absolute Gasteiger partial charge is 0.366 e. The first-order valence-corrected chi connectivity index (χ1v) is 3.76. The van der Waals surface area contributed by atoms with Crippen LogP contribution in [-0.2, 0) is 0 Å². The van der Waals surface area contributed by atoms with Crippen molar-refractivity contribution >= 4 is 11.4 Å². The fourth-order valence-corrected chi connectivity index (χ4v) is 1.33. The van der Waals surface area contributed by atoms with Crippen LogP contribution in [0.4, 0.5) is 24.5 Å². The number of hydrogen-bond acceptors (Lipinski definition) is 2. The lowest BCUT2D eigenvalue weighted by molar-refractivity contribution is -0.127. The number of rotatable bonds is 0. The number of benzene rings is 1. The molecule has 1 aliphatic rings. The fraction of sp³-hybridized carbons (Fsp3) is 0.250. The zero-order valence-corrected chi connectivity index (χ0v) is 6.60. The Labute approximate surface area is 73.0 Å². The van der Waals surface area contributed by atoms with E-state index in [9.17, 15) is 13.2 Å². The number of fused-ring (bicyclic) bond motifs is 1. The van der Waals surface area contributed by atoms with E-state index in [0.717, 1.165) is 0 Å². The summed E-state index contributed by atoms with van der Waals surface area (Å²) in [4.78, 5) is 0.377. The Kier molecular flexibility index (Phi) is 1.61. The Morgan fingerprint density at radius 1 is 1.23 bits per heavy atom. The van der Waals surface area contributed by atoms with Crippen LogP contribution in [0.3, 0.4) is 0 Å². The van der Waals surface area contributed by atoms with E-state index in [1.54, 1.807) is 18.2 Å². The predicted octanol–water partition coefficient (Wildman–Crippen LogP) is 2.40. The summed E-state index contributed by atoms with van der Waals surface area (Å²) in [6.07, 6.45) is -4.31. The standard InChI is InChI=1S/C8H7F3N2/c9-8(10,11)13-5-12-6-3-1-2-4-7(6)13/h1-4,12H,5H2. The van der Waals surface area contributed by atoms with Crippen molar-refractivity contribution in [2.45, 2.75) is 6.30 Å². The van der Waals surface area contributed by atoms with Crippen LogP contribution in [0.25, 0.3) is 0 Å². The van der Waals surface area contributed by atoms with Crippen molar-refractivity contribution in [1.82, 2.24) is 0 Å². The minimum Gasteiger partial charge on any atom is -0.366 e. The third-order valence-electron chi connectivity index (χ3n) is 1.93. The van der Waals surface area contributed by atoms with Crippen LogP contribution in [0, 0.1) is 0 Å². The fourth-order valence-electron chi connectivity index (χ4n) is 1.33. The van der Waals surface area contributed by atoms with Gasteiger partial charge in [-0.25, -0.2) is 0 Å². The summed E-state index contributed by atoms with van der Waals surface area (Å²) in [6.45, 7) is -0.206. The Morgan fingerprint density at radius 2 is 1.92 bits per heavy atom. The van der Waals surface area contributed by atoms with Gasteiger partial charge in [-0.15, -0.1) is 0 Å². The highest BCUT2D eigenvalue weighted by Crippen LogP contribution is 2.37. The van der Waals surface area contributed by atoms with Crippen LogP contribution < -0.4 is 10.2 Å². The molecule has 2 rings (SSSR count). The lowest BCUT2D eigenvalue weighted by Gasteiger charge is -2.20. The van der Waals surface area contributed by atoms with Gasteiger partial charge in [-0.05, 0) is 12.1 Å². The maximum absolute atomic E-state index is 12.3. The summed E-state index contributed by atoms with van der Waals surface area (Å²) in [6, 6.07) is 6.36. The number of alkyl halides is 3. The van der Waals surface area contributed by atoms with Crippen LogP contribution in [0.2, 0.25) is 0 Å². The van der Waals surface area contributed by atoms with Gasteiger partial charge < -0.3 is 5.32 Å². The number of nitrogens with zero attached hydrogens (tertiary/aromatic N) is 1. The van der Waals surface area contributed by atoms with E-state index >= 15 is 0 Å². The first-order valence-electron chi connectivity index (χ1n) is 3.76. The van der Waals surface area contributed by atoms with E-state index in [1.165, 1.54) is 6.07 Å². The highest BCUT2D eigenvalue weighted by molar-refractivity contribution is 5.74. The largest absolute Gasteiger partial charge is 0.486 e. The van der Waals surface area contributed by atoms with Gasteiger partial charge in [-0.3, -0.25) is 4.90 Å². The monoisotopic (exact) mass is 188 g/mol. The normalized spacial score (nSPS) is 15.5.